The highest BCUT2D eigenvalue weighted by Gasteiger charge is 2.26. The van der Waals surface area contributed by atoms with Crippen LogP contribution in [0.2, 0.25) is 0 Å². The molecule has 1 aliphatic rings. The topological polar surface area (TPSA) is 68.7 Å². The van der Waals surface area contributed by atoms with E-state index in [4.69, 9.17) is 14.5 Å². The second-order valence-corrected chi connectivity index (χ2v) is 7.99. The zero-order chi connectivity index (χ0) is 22.7. The van der Waals surface area contributed by atoms with Crippen molar-refractivity contribution in [1.82, 2.24) is 9.88 Å². The number of pyridine rings is 1. The van der Waals surface area contributed by atoms with E-state index in [-0.39, 0.29) is 12.5 Å². The number of carbonyl (C=O) groups is 2. The van der Waals surface area contributed by atoms with E-state index in [9.17, 15) is 9.59 Å². The monoisotopic (exact) mass is 430 g/mol. The molecule has 0 bridgehead atoms. The van der Waals surface area contributed by atoms with Gasteiger partial charge in [-0.25, -0.2) is 9.78 Å². The predicted molar refractivity (Wildman–Crippen MR) is 125 cm³/mol. The first kappa shape index (κ1) is 21.6. The highest BCUT2D eigenvalue weighted by molar-refractivity contribution is 6.07. The van der Waals surface area contributed by atoms with Crippen molar-refractivity contribution in [3.63, 3.8) is 0 Å². The Bertz CT molecular complexity index is 1200. The van der Waals surface area contributed by atoms with Crippen molar-refractivity contribution < 1.29 is 19.1 Å². The van der Waals surface area contributed by atoms with Gasteiger partial charge in [-0.3, -0.25) is 4.79 Å². The minimum absolute atomic E-state index is 0.259. The molecule has 164 valence electrons. The van der Waals surface area contributed by atoms with Gasteiger partial charge in [0.25, 0.3) is 5.91 Å². The SMILES string of the molecule is COc1ccc(/C=C2\CCCc3c2nc2ccccc2c3C(=O)OCC(=O)N(C)C)cc1. The quantitative estimate of drug-likeness (QED) is 0.563. The second-order valence-electron chi connectivity index (χ2n) is 7.99. The summed E-state index contributed by atoms with van der Waals surface area (Å²) in [5.41, 5.74) is 5.09. The Morgan fingerprint density at radius 2 is 1.81 bits per heavy atom. The fourth-order valence-corrected chi connectivity index (χ4v) is 3.94. The van der Waals surface area contributed by atoms with E-state index in [1.807, 2.05) is 48.5 Å². The van der Waals surface area contributed by atoms with Crippen LogP contribution >= 0.6 is 0 Å². The fraction of sp³-hybridized carbons (Fsp3) is 0.269. The lowest BCUT2D eigenvalue weighted by Crippen LogP contribution is -2.28. The molecule has 0 saturated heterocycles. The molecule has 32 heavy (non-hydrogen) atoms. The van der Waals surface area contributed by atoms with Gasteiger partial charge in [-0.15, -0.1) is 0 Å². The van der Waals surface area contributed by atoms with E-state index in [0.717, 1.165) is 58.3 Å². The molecular formula is C26H26N2O4. The average Bonchev–Trinajstić information content (AvgIpc) is 2.81. The lowest BCUT2D eigenvalue weighted by atomic mass is 9.86. The van der Waals surface area contributed by atoms with Crippen LogP contribution in [0.3, 0.4) is 0 Å². The molecule has 0 saturated carbocycles. The molecule has 2 aromatic carbocycles. The number of likely N-dealkylation sites (N-methyl/N-ethyl adjacent to an activating group) is 1. The fourth-order valence-electron chi connectivity index (χ4n) is 3.94. The lowest BCUT2D eigenvalue weighted by molar-refractivity contribution is -0.131. The first-order valence-corrected chi connectivity index (χ1v) is 10.6. The number of methoxy groups -OCH3 is 1. The summed E-state index contributed by atoms with van der Waals surface area (Å²) in [4.78, 5) is 31.4. The number of carbonyl (C=O) groups excluding carboxylic acids is 2. The number of hydrogen-bond acceptors (Lipinski definition) is 5. The van der Waals surface area contributed by atoms with Crippen molar-refractivity contribution in [2.24, 2.45) is 0 Å². The van der Waals surface area contributed by atoms with E-state index in [0.29, 0.717) is 5.56 Å². The summed E-state index contributed by atoms with van der Waals surface area (Å²) in [6.07, 6.45) is 4.63. The van der Waals surface area contributed by atoms with Crippen molar-refractivity contribution in [2.75, 3.05) is 27.8 Å². The molecule has 3 aromatic rings. The number of rotatable bonds is 5. The van der Waals surface area contributed by atoms with Crippen LogP contribution < -0.4 is 4.74 Å². The Hall–Kier alpha value is -3.67. The summed E-state index contributed by atoms with van der Waals surface area (Å²) in [5, 5.41) is 0.749. The summed E-state index contributed by atoms with van der Waals surface area (Å²) in [6.45, 7) is -0.286. The van der Waals surface area contributed by atoms with Crippen LogP contribution in [0.5, 0.6) is 5.75 Å². The van der Waals surface area contributed by atoms with E-state index >= 15 is 0 Å². The molecule has 6 nitrogen and oxygen atoms in total. The average molecular weight is 431 g/mol. The van der Waals surface area contributed by atoms with Crippen LogP contribution in [0, 0.1) is 0 Å². The molecule has 4 rings (SSSR count). The number of aromatic nitrogens is 1. The first-order valence-electron chi connectivity index (χ1n) is 10.6. The van der Waals surface area contributed by atoms with Crippen molar-refractivity contribution in [2.45, 2.75) is 19.3 Å². The van der Waals surface area contributed by atoms with E-state index in [1.165, 1.54) is 4.90 Å². The molecule has 1 heterocycles. The number of amides is 1. The maximum atomic E-state index is 13.1. The minimum Gasteiger partial charge on any atom is -0.497 e. The highest BCUT2D eigenvalue weighted by atomic mass is 16.5. The molecular weight excluding hydrogens is 404 g/mol. The highest BCUT2D eigenvalue weighted by Crippen LogP contribution is 2.36. The predicted octanol–water partition coefficient (Wildman–Crippen LogP) is 4.37. The van der Waals surface area contributed by atoms with Crippen molar-refractivity contribution in [1.29, 1.82) is 0 Å². The van der Waals surface area contributed by atoms with Gasteiger partial charge < -0.3 is 14.4 Å². The molecule has 1 aliphatic carbocycles. The van der Waals surface area contributed by atoms with Gasteiger partial charge in [0.15, 0.2) is 6.61 Å². The minimum atomic E-state index is -0.485. The van der Waals surface area contributed by atoms with Gasteiger partial charge in [-0.2, -0.15) is 0 Å². The number of para-hydroxylation sites is 1. The van der Waals surface area contributed by atoms with Gasteiger partial charge in [0.1, 0.15) is 5.75 Å². The standard InChI is InChI=1S/C26H26N2O4/c1-28(2)23(29)16-32-26(30)24-20-8-4-5-10-22(20)27-25-18(7-6-9-21(24)25)15-17-11-13-19(31-3)14-12-17/h4-5,8,10-15H,6-7,9,16H2,1-3H3/b18-15+. The third kappa shape index (κ3) is 4.35. The Morgan fingerprint density at radius 1 is 1.06 bits per heavy atom. The van der Waals surface area contributed by atoms with Gasteiger partial charge in [0.2, 0.25) is 0 Å². The summed E-state index contributed by atoms with van der Waals surface area (Å²) in [7, 11) is 4.92. The number of benzene rings is 2. The molecule has 1 aromatic heterocycles. The lowest BCUT2D eigenvalue weighted by Gasteiger charge is -2.22. The number of ether oxygens (including phenoxy) is 2. The summed E-state index contributed by atoms with van der Waals surface area (Å²) in [5.74, 6) is 0.0593. The zero-order valence-corrected chi connectivity index (χ0v) is 18.6. The van der Waals surface area contributed by atoms with Gasteiger partial charge in [-0.1, -0.05) is 30.3 Å². The number of esters is 1. The van der Waals surface area contributed by atoms with Crippen LogP contribution in [0.25, 0.3) is 22.6 Å². The maximum absolute atomic E-state index is 13.1. The molecule has 0 N–H and O–H groups in total. The first-order chi connectivity index (χ1) is 15.5. The summed E-state index contributed by atoms with van der Waals surface area (Å²) in [6, 6.07) is 15.4. The normalized spacial score (nSPS) is 14.2. The Balaban J connectivity index is 1.78. The van der Waals surface area contributed by atoms with Crippen LogP contribution in [-0.2, 0) is 16.0 Å². The Kier molecular flexibility index (Phi) is 6.21. The van der Waals surface area contributed by atoms with Crippen molar-refractivity contribution >= 4 is 34.4 Å². The van der Waals surface area contributed by atoms with E-state index in [2.05, 4.69) is 6.08 Å². The second kappa shape index (κ2) is 9.22. The zero-order valence-electron chi connectivity index (χ0n) is 18.6. The van der Waals surface area contributed by atoms with Crippen LogP contribution in [0.1, 0.15) is 40.0 Å². The molecule has 0 spiro atoms. The molecule has 0 radical (unpaired) electrons. The van der Waals surface area contributed by atoms with Gasteiger partial charge >= 0.3 is 5.97 Å². The molecule has 0 aliphatic heterocycles. The Morgan fingerprint density at radius 3 is 2.53 bits per heavy atom. The van der Waals surface area contributed by atoms with Crippen molar-refractivity contribution in [3.05, 3.63) is 70.9 Å². The number of hydrogen-bond donors (Lipinski definition) is 0. The van der Waals surface area contributed by atoms with Crippen LogP contribution in [0.4, 0.5) is 0 Å². The number of nitrogens with zero attached hydrogens (tertiary/aromatic N) is 2. The van der Waals surface area contributed by atoms with Crippen molar-refractivity contribution in [3.8, 4) is 5.75 Å². The maximum Gasteiger partial charge on any atom is 0.339 e. The molecule has 0 fully saturated rings. The van der Waals surface area contributed by atoms with Crippen LogP contribution in [0.15, 0.2) is 48.5 Å². The molecule has 1 amide bonds. The summed E-state index contributed by atoms with van der Waals surface area (Å²) >= 11 is 0. The van der Waals surface area contributed by atoms with E-state index in [1.54, 1.807) is 21.2 Å². The Labute approximate surface area is 187 Å². The smallest absolute Gasteiger partial charge is 0.339 e. The van der Waals surface area contributed by atoms with Gasteiger partial charge in [0.05, 0.1) is 23.9 Å². The molecule has 0 atom stereocenters. The molecule has 0 unspecified atom stereocenters. The number of allylic oxidation sites excluding steroid dienone is 1. The third-order valence-electron chi connectivity index (χ3n) is 5.66. The molecule has 6 heteroatoms. The summed E-state index contributed by atoms with van der Waals surface area (Å²) < 4.78 is 10.7. The largest absolute Gasteiger partial charge is 0.497 e. The van der Waals surface area contributed by atoms with E-state index < -0.39 is 5.97 Å². The third-order valence-corrected chi connectivity index (χ3v) is 5.66. The van der Waals surface area contributed by atoms with Gasteiger partial charge in [0, 0.05) is 19.5 Å². The van der Waals surface area contributed by atoms with Gasteiger partial charge in [-0.05, 0) is 60.2 Å². The van der Waals surface area contributed by atoms with Crippen LogP contribution in [-0.4, -0.2) is 49.6 Å². The number of fused-ring (bicyclic) bond motifs is 2.